The summed E-state index contributed by atoms with van der Waals surface area (Å²) in [7, 11) is 2.11. The SMILES string of the molecule is CN1CCC(c2cncc(C(=O)NCc3ccc(F)cc3)n2)CC1. The molecule has 2 heterocycles. The Morgan fingerprint density at radius 3 is 2.67 bits per heavy atom. The molecule has 0 unspecified atom stereocenters. The first-order chi connectivity index (χ1) is 11.6. The van der Waals surface area contributed by atoms with Crippen molar-refractivity contribution in [1.82, 2.24) is 20.2 Å². The third-order valence-electron chi connectivity index (χ3n) is 4.39. The van der Waals surface area contributed by atoms with Crippen LogP contribution < -0.4 is 5.32 Å². The Balaban J connectivity index is 1.62. The van der Waals surface area contributed by atoms with Crippen LogP contribution in [0.1, 0.15) is 40.5 Å². The molecule has 1 aromatic carbocycles. The number of rotatable bonds is 4. The zero-order valence-electron chi connectivity index (χ0n) is 13.7. The van der Waals surface area contributed by atoms with E-state index in [2.05, 4.69) is 27.2 Å². The third kappa shape index (κ3) is 4.14. The number of carbonyl (C=O) groups excluding carboxylic acids is 1. The van der Waals surface area contributed by atoms with Gasteiger partial charge in [0.05, 0.1) is 11.9 Å². The van der Waals surface area contributed by atoms with Gasteiger partial charge in [-0.3, -0.25) is 9.78 Å². The largest absolute Gasteiger partial charge is 0.347 e. The van der Waals surface area contributed by atoms with Gasteiger partial charge in [0.15, 0.2) is 0 Å². The lowest BCUT2D eigenvalue weighted by Gasteiger charge is -2.28. The Hall–Kier alpha value is -2.34. The fourth-order valence-electron chi connectivity index (χ4n) is 2.87. The van der Waals surface area contributed by atoms with Crippen molar-refractivity contribution >= 4 is 5.91 Å². The van der Waals surface area contributed by atoms with E-state index in [1.54, 1.807) is 18.3 Å². The minimum atomic E-state index is -0.290. The topological polar surface area (TPSA) is 58.1 Å². The van der Waals surface area contributed by atoms with Gasteiger partial charge < -0.3 is 10.2 Å². The monoisotopic (exact) mass is 328 g/mol. The van der Waals surface area contributed by atoms with E-state index in [0.717, 1.165) is 37.2 Å². The fraction of sp³-hybridized carbons (Fsp3) is 0.389. The number of nitrogens with zero attached hydrogens (tertiary/aromatic N) is 3. The first-order valence-corrected chi connectivity index (χ1v) is 8.15. The Morgan fingerprint density at radius 2 is 1.96 bits per heavy atom. The molecule has 24 heavy (non-hydrogen) atoms. The molecule has 0 aliphatic carbocycles. The maximum absolute atomic E-state index is 12.9. The highest BCUT2D eigenvalue weighted by atomic mass is 19.1. The van der Waals surface area contributed by atoms with E-state index in [4.69, 9.17) is 0 Å². The number of hydrogen-bond donors (Lipinski definition) is 1. The van der Waals surface area contributed by atoms with E-state index in [-0.39, 0.29) is 11.7 Å². The number of hydrogen-bond acceptors (Lipinski definition) is 4. The molecule has 126 valence electrons. The van der Waals surface area contributed by atoms with Gasteiger partial charge in [-0.2, -0.15) is 0 Å². The third-order valence-corrected chi connectivity index (χ3v) is 4.39. The number of piperidine rings is 1. The Bertz CT molecular complexity index is 696. The molecule has 0 spiro atoms. The van der Waals surface area contributed by atoms with Crippen molar-refractivity contribution in [2.45, 2.75) is 25.3 Å². The van der Waals surface area contributed by atoms with Crippen LogP contribution in [0.2, 0.25) is 0 Å². The molecule has 0 bridgehead atoms. The van der Waals surface area contributed by atoms with Crippen LogP contribution >= 0.6 is 0 Å². The van der Waals surface area contributed by atoms with Crippen LogP contribution in [0.15, 0.2) is 36.7 Å². The zero-order valence-corrected chi connectivity index (χ0v) is 13.7. The lowest BCUT2D eigenvalue weighted by Crippen LogP contribution is -2.30. The second-order valence-electron chi connectivity index (χ2n) is 6.22. The Kier molecular flexibility index (Phi) is 5.15. The highest BCUT2D eigenvalue weighted by Gasteiger charge is 2.21. The maximum atomic E-state index is 12.9. The van der Waals surface area contributed by atoms with Crippen molar-refractivity contribution < 1.29 is 9.18 Å². The number of nitrogens with one attached hydrogen (secondary N) is 1. The minimum absolute atomic E-state index is 0.262. The van der Waals surface area contributed by atoms with E-state index >= 15 is 0 Å². The van der Waals surface area contributed by atoms with Gasteiger partial charge in [0.2, 0.25) is 0 Å². The van der Waals surface area contributed by atoms with Crippen LogP contribution in [-0.4, -0.2) is 40.9 Å². The minimum Gasteiger partial charge on any atom is -0.347 e. The summed E-state index contributed by atoms with van der Waals surface area (Å²) in [5.74, 6) is -0.193. The quantitative estimate of drug-likeness (QED) is 0.936. The molecule has 1 fully saturated rings. The summed E-state index contributed by atoms with van der Waals surface area (Å²) in [6, 6.07) is 6.05. The molecule has 6 heteroatoms. The van der Waals surface area contributed by atoms with Gasteiger partial charge in [0.25, 0.3) is 5.91 Å². The van der Waals surface area contributed by atoms with E-state index in [1.165, 1.54) is 18.3 Å². The van der Waals surface area contributed by atoms with E-state index in [0.29, 0.717) is 18.2 Å². The molecular weight excluding hydrogens is 307 g/mol. The Morgan fingerprint density at radius 1 is 1.25 bits per heavy atom. The second kappa shape index (κ2) is 7.49. The molecule has 1 aliphatic rings. The molecule has 0 saturated carbocycles. The van der Waals surface area contributed by atoms with E-state index < -0.39 is 0 Å². The highest BCUT2D eigenvalue weighted by molar-refractivity contribution is 5.91. The summed E-state index contributed by atoms with van der Waals surface area (Å²) in [6.45, 7) is 2.40. The summed E-state index contributed by atoms with van der Waals surface area (Å²) < 4.78 is 12.9. The number of aromatic nitrogens is 2. The number of halogens is 1. The van der Waals surface area contributed by atoms with Crippen molar-refractivity contribution in [3.05, 3.63) is 59.4 Å². The maximum Gasteiger partial charge on any atom is 0.271 e. The molecule has 2 aromatic rings. The summed E-state index contributed by atoms with van der Waals surface area (Å²) in [6.07, 6.45) is 5.31. The molecule has 5 nitrogen and oxygen atoms in total. The fourth-order valence-corrected chi connectivity index (χ4v) is 2.87. The van der Waals surface area contributed by atoms with Crippen LogP contribution in [0.5, 0.6) is 0 Å². The lowest BCUT2D eigenvalue weighted by atomic mass is 9.94. The number of carbonyl (C=O) groups is 1. The number of benzene rings is 1. The summed E-state index contributed by atoms with van der Waals surface area (Å²) in [4.78, 5) is 23.2. The van der Waals surface area contributed by atoms with Crippen LogP contribution in [0.3, 0.4) is 0 Å². The van der Waals surface area contributed by atoms with Gasteiger partial charge in [-0.05, 0) is 50.7 Å². The normalized spacial score (nSPS) is 16.1. The highest BCUT2D eigenvalue weighted by Crippen LogP contribution is 2.25. The molecule has 3 rings (SSSR count). The first-order valence-electron chi connectivity index (χ1n) is 8.15. The average Bonchev–Trinajstić information content (AvgIpc) is 2.62. The second-order valence-corrected chi connectivity index (χ2v) is 6.22. The van der Waals surface area contributed by atoms with Gasteiger partial charge in [-0.25, -0.2) is 9.37 Å². The van der Waals surface area contributed by atoms with Crippen molar-refractivity contribution in [2.24, 2.45) is 0 Å². The lowest BCUT2D eigenvalue weighted by molar-refractivity contribution is 0.0945. The van der Waals surface area contributed by atoms with Crippen LogP contribution in [0, 0.1) is 5.82 Å². The van der Waals surface area contributed by atoms with Gasteiger partial charge in [-0.15, -0.1) is 0 Å². The van der Waals surface area contributed by atoms with E-state index in [1.807, 2.05) is 0 Å². The predicted molar refractivity (Wildman–Crippen MR) is 89.1 cm³/mol. The smallest absolute Gasteiger partial charge is 0.271 e. The first kappa shape index (κ1) is 16.5. The molecule has 1 saturated heterocycles. The number of likely N-dealkylation sites (tertiary alicyclic amines) is 1. The molecule has 0 radical (unpaired) electrons. The van der Waals surface area contributed by atoms with Gasteiger partial charge in [0.1, 0.15) is 11.5 Å². The van der Waals surface area contributed by atoms with Crippen molar-refractivity contribution in [3.63, 3.8) is 0 Å². The average molecular weight is 328 g/mol. The van der Waals surface area contributed by atoms with Gasteiger partial charge in [-0.1, -0.05) is 12.1 Å². The zero-order chi connectivity index (χ0) is 16.9. The number of amides is 1. The summed E-state index contributed by atoms with van der Waals surface area (Å²) >= 11 is 0. The summed E-state index contributed by atoms with van der Waals surface area (Å²) in [5.41, 5.74) is 2.05. The standard InChI is InChI=1S/C18H21FN4O/c1-23-8-6-14(7-9-23)16-11-20-12-17(22-16)18(24)21-10-13-2-4-15(19)5-3-13/h2-5,11-12,14H,6-10H2,1H3,(H,21,24). The molecule has 1 amide bonds. The molecular formula is C18H21FN4O. The van der Waals surface area contributed by atoms with Crippen molar-refractivity contribution in [2.75, 3.05) is 20.1 Å². The van der Waals surface area contributed by atoms with Gasteiger partial charge in [0, 0.05) is 18.7 Å². The molecule has 0 atom stereocenters. The molecule has 1 aliphatic heterocycles. The van der Waals surface area contributed by atoms with Crippen molar-refractivity contribution in [3.8, 4) is 0 Å². The predicted octanol–water partition coefficient (Wildman–Crippen LogP) is 2.35. The van der Waals surface area contributed by atoms with E-state index in [9.17, 15) is 9.18 Å². The molecule has 1 N–H and O–H groups in total. The van der Waals surface area contributed by atoms with Crippen LogP contribution in [0.4, 0.5) is 4.39 Å². The van der Waals surface area contributed by atoms with Crippen molar-refractivity contribution in [1.29, 1.82) is 0 Å². The van der Waals surface area contributed by atoms with Crippen LogP contribution in [0.25, 0.3) is 0 Å². The summed E-state index contributed by atoms with van der Waals surface area (Å²) in [5, 5.41) is 2.80. The van der Waals surface area contributed by atoms with Crippen LogP contribution in [-0.2, 0) is 6.54 Å². The Labute approximate surface area is 140 Å². The van der Waals surface area contributed by atoms with Gasteiger partial charge >= 0.3 is 0 Å². The molecule has 1 aromatic heterocycles.